The van der Waals surface area contributed by atoms with Gasteiger partial charge in [-0.3, -0.25) is 4.98 Å². The molecule has 0 radical (unpaired) electrons. The lowest BCUT2D eigenvalue weighted by atomic mass is 10.2. The summed E-state index contributed by atoms with van der Waals surface area (Å²) < 4.78 is 25.0. The molecular weight excluding hydrogens is 314 g/mol. The fourth-order valence-electron chi connectivity index (χ4n) is 2.18. The fourth-order valence-corrected chi connectivity index (χ4v) is 5.14. The van der Waals surface area contributed by atoms with Crippen molar-refractivity contribution >= 4 is 21.2 Å². The lowest BCUT2D eigenvalue weighted by Gasteiger charge is -2.03. The molecule has 0 atom stereocenters. The van der Waals surface area contributed by atoms with E-state index in [1.165, 1.54) is 11.3 Å². The van der Waals surface area contributed by atoms with Gasteiger partial charge in [0.15, 0.2) is 9.84 Å². The Morgan fingerprint density at radius 1 is 1.05 bits per heavy atom. The Morgan fingerprint density at radius 3 is 2.45 bits per heavy atom. The van der Waals surface area contributed by atoms with Crippen LogP contribution in [0.2, 0.25) is 0 Å². The number of hydrogen-bond acceptors (Lipinski definition) is 4. The highest BCUT2D eigenvalue weighted by Crippen LogP contribution is 2.32. The van der Waals surface area contributed by atoms with E-state index in [0.717, 1.165) is 21.0 Å². The van der Waals surface area contributed by atoms with E-state index in [1.54, 1.807) is 30.5 Å². The average Bonchev–Trinajstić information content (AvgIpc) is 2.89. The molecule has 0 bridgehead atoms. The van der Waals surface area contributed by atoms with E-state index >= 15 is 0 Å². The maximum absolute atomic E-state index is 12.5. The Hall–Kier alpha value is -1.98. The molecule has 5 heteroatoms. The normalized spacial score (nSPS) is 11.5. The van der Waals surface area contributed by atoms with E-state index in [9.17, 15) is 8.42 Å². The molecule has 0 saturated carbocycles. The van der Waals surface area contributed by atoms with E-state index in [4.69, 9.17) is 0 Å². The van der Waals surface area contributed by atoms with Gasteiger partial charge >= 0.3 is 0 Å². The summed E-state index contributed by atoms with van der Waals surface area (Å²) in [7, 11) is -3.31. The van der Waals surface area contributed by atoms with Crippen molar-refractivity contribution in [3.63, 3.8) is 0 Å². The molecule has 0 aliphatic carbocycles. The predicted molar refractivity (Wildman–Crippen MR) is 89.6 cm³/mol. The van der Waals surface area contributed by atoms with E-state index in [0.29, 0.717) is 4.90 Å². The maximum Gasteiger partial charge on any atom is 0.183 e. The second-order valence-electron chi connectivity index (χ2n) is 5.00. The monoisotopic (exact) mass is 329 g/mol. The Morgan fingerprint density at radius 2 is 1.77 bits per heavy atom. The molecule has 112 valence electrons. The SMILES string of the molecule is Cc1cc(-c2ccccn2)sc1CS(=O)(=O)c1ccccc1. The van der Waals surface area contributed by atoms with Gasteiger partial charge in [0.25, 0.3) is 0 Å². The third kappa shape index (κ3) is 3.10. The van der Waals surface area contributed by atoms with Crippen LogP contribution in [0.4, 0.5) is 0 Å². The summed E-state index contributed by atoms with van der Waals surface area (Å²) in [6, 6.07) is 16.3. The van der Waals surface area contributed by atoms with Crippen LogP contribution in [-0.4, -0.2) is 13.4 Å². The zero-order valence-corrected chi connectivity index (χ0v) is 13.7. The van der Waals surface area contributed by atoms with Crippen molar-refractivity contribution in [1.29, 1.82) is 0 Å². The van der Waals surface area contributed by atoms with Crippen LogP contribution < -0.4 is 0 Å². The lowest BCUT2D eigenvalue weighted by molar-refractivity contribution is 0.595. The van der Waals surface area contributed by atoms with E-state index in [1.807, 2.05) is 37.3 Å². The first kappa shape index (κ1) is 14.9. The van der Waals surface area contributed by atoms with Gasteiger partial charge in [-0.15, -0.1) is 11.3 Å². The standard InChI is InChI=1S/C17H15NO2S2/c1-13-11-16(15-9-5-6-10-18-15)21-17(13)12-22(19,20)14-7-3-2-4-8-14/h2-11H,12H2,1H3. The third-order valence-electron chi connectivity index (χ3n) is 3.36. The topological polar surface area (TPSA) is 47.0 Å². The number of sulfone groups is 1. The van der Waals surface area contributed by atoms with Crippen molar-refractivity contribution in [3.05, 3.63) is 71.2 Å². The van der Waals surface area contributed by atoms with Gasteiger partial charge in [0.1, 0.15) is 0 Å². The second-order valence-corrected chi connectivity index (χ2v) is 8.13. The number of thiophene rings is 1. The molecule has 2 heterocycles. The number of pyridine rings is 1. The summed E-state index contributed by atoms with van der Waals surface area (Å²) in [4.78, 5) is 6.54. The van der Waals surface area contributed by atoms with Crippen molar-refractivity contribution in [2.24, 2.45) is 0 Å². The van der Waals surface area contributed by atoms with E-state index in [2.05, 4.69) is 4.98 Å². The molecule has 0 fully saturated rings. The van der Waals surface area contributed by atoms with Gasteiger partial charge in [0.05, 0.1) is 21.2 Å². The molecule has 0 aliphatic heterocycles. The van der Waals surface area contributed by atoms with Gasteiger partial charge < -0.3 is 0 Å². The molecule has 3 nitrogen and oxygen atoms in total. The highest BCUT2D eigenvalue weighted by Gasteiger charge is 2.18. The van der Waals surface area contributed by atoms with Crippen LogP contribution in [-0.2, 0) is 15.6 Å². The summed E-state index contributed by atoms with van der Waals surface area (Å²) in [6.07, 6.45) is 1.74. The Kier molecular flexibility index (Phi) is 4.09. The highest BCUT2D eigenvalue weighted by molar-refractivity contribution is 7.90. The lowest BCUT2D eigenvalue weighted by Crippen LogP contribution is -2.04. The van der Waals surface area contributed by atoms with Gasteiger partial charge in [-0.1, -0.05) is 24.3 Å². The fraction of sp³-hybridized carbons (Fsp3) is 0.118. The summed E-state index contributed by atoms with van der Waals surface area (Å²) >= 11 is 1.49. The average molecular weight is 329 g/mol. The van der Waals surface area contributed by atoms with Gasteiger partial charge in [0.2, 0.25) is 0 Å². The number of rotatable bonds is 4. The molecule has 0 unspecified atom stereocenters. The van der Waals surface area contributed by atoms with Crippen molar-refractivity contribution in [2.75, 3.05) is 0 Å². The second kappa shape index (κ2) is 6.02. The van der Waals surface area contributed by atoms with Gasteiger partial charge in [0, 0.05) is 11.1 Å². The minimum Gasteiger partial charge on any atom is -0.255 e. The van der Waals surface area contributed by atoms with Crippen molar-refractivity contribution in [1.82, 2.24) is 4.98 Å². The smallest absolute Gasteiger partial charge is 0.183 e. The first-order chi connectivity index (χ1) is 10.6. The van der Waals surface area contributed by atoms with Crippen molar-refractivity contribution in [3.8, 4) is 10.6 Å². The molecule has 0 aliphatic rings. The molecule has 0 spiro atoms. The Balaban J connectivity index is 1.92. The quantitative estimate of drug-likeness (QED) is 0.724. The van der Waals surface area contributed by atoms with Crippen LogP contribution in [0.25, 0.3) is 10.6 Å². The van der Waals surface area contributed by atoms with Gasteiger partial charge in [-0.25, -0.2) is 8.42 Å². The summed E-state index contributed by atoms with van der Waals surface area (Å²) in [6.45, 7) is 1.94. The minimum atomic E-state index is -3.31. The van der Waals surface area contributed by atoms with Crippen LogP contribution in [0.15, 0.2) is 65.7 Å². The first-order valence-corrected chi connectivity index (χ1v) is 9.32. The molecule has 1 aromatic carbocycles. The predicted octanol–water partition coefficient (Wildman–Crippen LogP) is 4.09. The van der Waals surface area contributed by atoms with Crippen LogP contribution >= 0.6 is 11.3 Å². The van der Waals surface area contributed by atoms with Crippen molar-refractivity contribution in [2.45, 2.75) is 17.6 Å². The number of nitrogens with zero attached hydrogens (tertiary/aromatic N) is 1. The summed E-state index contributed by atoms with van der Waals surface area (Å²) in [5.41, 5.74) is 1.86. The Bertz CT molecular complexity index is 870. The van der Waals surface area contributed by atoms with Gasteiger partial charge in [-0.05, 0) is 42.8 Å². The minimum absolute atomic E-state index is 0.0281. The largest absolute Gasteiger partial charge is 0.255 e. The molecule has 0 N–H and O–H groups in total. The number of hydrogen-bond donors (Lipinski definition) is 0. The van der Waals surface area contributed by atoms with Crippen LogP contribution in [0.1, 0.15) is 10.4 Å². The van der Waals surface area contributed by atoms with Crippen LogP contribution in [0, 0.1) is 6.92 Å². The third-order valence-corrected chi connectivity index (χ3v) is 6.46. The molecule has 0 amide bonds. The molecule has 0 saturated heterocycles. The zero-order valence-electron chi connectivity index (χ0n) is 12.1. The van der Waals surface area contributed by atoms with Crippen molar-refractivity contribution < 1.29 is 8.42 Å². The van der Waals surface area contributed by atoms with E-state index in [-0.39, 0.29) is 5.75 Å². The van der Waals surface area contributed by atoms with Gasteiger partial charge in [-0.2, -0.15) is 0 Å². The molecule has 2 aromatic heterocycles. The number of benzene rings is 1. The van der Waals surface area contributed by atoms with Crippen LogP contribution in [0.5, 0.6) is 0 Å². The van der Waals surface area contributed by atoms with E-state index < -0.39 is 9.84 Å². The summed E-state index contributed by atoms with van der Waals surface area (Å²) in [5, 5.41) is 0. The molecular formula is C17H15NO2S2. The number of aromatic nitrogens is 1. The highest BCUT2D eigenvalue weighted by atomic mass is 32.2. The molecule has 3 aromatic rings. The molecule has 22 heavy (non-hydrogen) atoms. The molecule has 3 rings (SSSR count). The maximum atomic E-state index is 12.5. The first-order valence-electron chi connectivity index (χ1n) is 6.85. The zero-order chi connectivity index (χ0) is 15.6. The number of aryl methyl sites for hydroxylation is 1. The summed E-state index contributed by atoms with van der Waals surface area (Å²) in [5.74, 6) is 0.0281. The van der Waals surface area contributed by atoms with Crippen LogP contribution in [0.3, 0.4) is 0 Å². The Labute approximate surface area is 134 Å².